The number of benzene rings is 2. The van der Waals surface area contributed by atoms with Crippen LogP contribution < -0.4 is 10.6 Å². The Morgan fingerprint density at radius 2 is 1.94 bits per heavy atom. The van der Waals surface area contributed by atoms with Crippen LogP contribution in [0, 0.1) is 13.8 Å². The first-order valence-corrected chi connectivity index (χ1v) is 11.3. The van der Waals surface area contributed by atoms with E-state index in [2.05, 4.69) is 47.7 Å². The molecule has 0 saturated carbocycles. The predicted octanol–water partition coefficient (Wildman–Crippen LogP) is 4.13. The number of rotatable bonds is 9. The zero-order valence-corrected chi connectivity index (χ0v) is 19.0. The first-order valence-electron chi connectivity index (χ1n) is 10.3. The van der Waals surface area contributed by atoms with Gasteiger partial charge in [-0.15, -0.1) is 0 Å². The molecule has 3 aromatic rings. The van der Waals surface area contributed by atoms with Crippen molar-refractivity contribution in [3.05, 3.63) is 77.1 Å². The monoisotopic (exact) mass is 436 g/mol. The molecule has 0 radical (unpaired) electrons. The van der Waals surface area contributed by atoms with Gasteiger partial charge in [-0.05, 0) is 49.9 Å². The van der Waals surface area contributed by atoms with Crippen LogP contribution in [0.5, 0.6) is 0 Å². The average molecular weight is 437 g/mol. The minimum atomic E-state index is -0.187. The van der Waals surface area contributed by atoms with Gasteiger partial charge in [0.15, 0.2) is 5.16 Å². The molecule has 0 spiro atoms. The molecule has 6 nitrogen and oxygen atoms in total. The van der Waals surface area contributed by atoms with Gasteiger partial charge in [0, 0.05) is 26.0 Å². The van der Waals surface area contributed by atoms with Gasteiger partial charge < -0.3 is 15.2 Å². The number of anilines is 1. The number of amides is 2. The molecule has 2 aromatic carbocycles. The number of hydrogen-bond donors (Lipinski definition) is 2. The summed E-state index contributed by atoms with van der Waals surface area (Å²) in [5.41, 5.74) is 4.82. The number of carbonyl (C=O) groups excluding carboxylic acids is 2. The first kappa shape index (κ1) is 22.6. The van der Waals surface area contributed by atoms with Crippen molar-refractivity contribution >= 4 is 29.3 Å². The topological polar surface area (TPSA) is 76.0 Å². The normalized spacial score (nSPS) is 10.7. The fourth-order valence-electron chi connectivity index (χ4n) is 3.30. The summed E-state index contributed by atoms with van der Waals surface area (Å²) in [6.45, 7) is 4.78. The number of thioether (sulfide) groups is 1. The molecule has 7 heteroatoms. The van der Waals surface area contributed by atoms with E-state index in [9.17, 15) is 9.59 Å². The molecule has 0 fully saturated rings. The third kappa shape index (κ3) is 6.46. The Hall–Kier alpha value is -3.06. The number of aryl methyl sites for hydroxylation is 4. The minimum absolute atomic E-state index is 0.178. The number of para-hydroxylation sites is 1. The van der Waals surface area contributed by atoms with Crippen molar-refractivity contribution in [2.24, 2.45) is 7.05 Å². The number of imidazole rings is 1. The van der Waals surface area contributed by atoms with Crippen molar-refractivity contribution in [2.75, 3.05) is 17.6 Å². The molecule has 2 N–H and O–H groups in total. The fraction of sp³-hybridized carbons (Fsp3) is 0.292. The molecule has 1 heterocycles. The molecule has 162 valence electrons. The second-order valence-electron chi connectivity index (χ2n) is 7.49. The Bertz CT molecular complexity index is 1060. The molecule has 0 bridgehead atoms. The Labute approximate surface area is 187 Å². The van der Waals surface area contributed by atoms with Crippen LogP contribution in [0.15, 0.2) is 60.0 Å². The highest BCUT2D eigenvalue weighted by Crippen LogP contribution is 2.18. The molecule has 0 unspecified atom stereocenters. The molecular weight excluding hydrogens is 408 g/mol. The third-order valence-electron chi connectivity index (χ3n) is 4.96. The molecule has 0 saturated heterocycles. The van der Waals surface area contributed by atoms with E-state index in [1.54, 1.807) is 30.5 Å². The number of nitrogens with one attached hydrogen (secondary N) is 2. The van der Waals surface area contributed by atoms with Crippen molar-refractivity contribution in [3.63, 3.8) is 0 Å². The SMILES string of the molecule is Cc1ccc(CCCNC(=O)c2ccccc2NC(=O)CSc2nccn2C)c(C)c1. The standard InChI is InChI=1S/C24H28N4O2S/c1-17-10-11-19(18(2)15-17)7-6-12-25-23(30)20-8-4-5-9-21(20)27-22(29)16-31-24-26-13-14-28(24)3/h4-5,8-11,13-15H,6-7,12,16H2,1-3H3,(H,25,30)(H,27,29). The second-order valence-corrected chi connectivity index (χ2v) is 8.44. The van der Waals surface area contributed by atoms with Gasteiger partial charge in [0.2, 0.25) is 5.91 Å². The zero-order valence-electron chi connectivity index (χ0n) is 18.1. The summed E-state index contributed by atoms with van der Waals surface area (Å²) in [5.74, 6) is -0.146. The molecular formula is C24H28N4O2S. The maximum absolute atomic E-state index is 12.7. The van der Waals surface area contributed by atoms with Gasteiger partial charge in [0.1, 0.15) is 0 Å². The lowest BCUT2D eigenvalue weighted by Gasteiger charge is -2.12. The van der Waals surface area contributed by atoms with Crippen molar-refractivity contribution in [2.45, 2.75) is 31.8 Å². The molecule has 0 aliphatic carbocycles. The Kier molecular flexibility index (Phi) is 7.89. The van der Waals surface area contributed by atoms with Crippen molar-refractivity contribution in [1.29, 1.82) is 0 Å². The van der Waals surface area contributed by atoms with Crippen LogP contribution >= 0.6 is 11.8 Å². The maximum atomic E-state index is 12.7. The van der Waals surface area contributed by atoms with Crippen LogP contribution in [0.4, 0.5) is 5.69 Å². The number of hydrogen-bond acceptors (Lipinski definition) is 4. The highest BCUT2D eigenvalue weighted by atomic mass is 32.2. The quantitative estimate of drug-likeness (QED) is 0.391. The lowest BCUT2D eigenvalue weighted by atomic mass is 10.0. The number of nitrogens with zero attached hydrogens (tertiary/aromatic N) is 2. The van der Waals surface area contributed by atoms with E-state index in [4.69, 9.17) is 0 Å². The van der Waals surface area contributed by atoms with Crippen LogP contribution in [0.2, 0.25) is 0 Å². The maximum Gasteiger partial charge on any atom is 0.253 e. The predicted molar refractivity (Wildman–Crippen MR) is 126 cm³/mol. The van der Waals surface area contributed by atoms with Crippen LogP contribution in [0.1, 0.15) is 33.5 Å². The van der Waals surface area contributed by atoms with Gasteiger partial charge in [-0.25, -0.2) is 4.98 Å². The molecule has 3 rings (SSSR count). The van der Waals surface area contributed by atoms with E-state index < -0.39 is 0 Å². The summed E-state index contributed by atoms with van der Waals surface area (Å²) in [7, 11) is 1.88. The minimum Gasteiger partial charge on any atom is -0.352 e. The molecule has 1 aromatic heterocycles. The summed E-state index contributed by atoms with van der Waals surface area (Å²) in [6, 6.07) is 13.5. The molecule has 0 aliphatic rings. The molecule has 0 atom stereocenters. The van der Waals surface area contributed by atoms with Crippen molar-refractivity contribution in [1.82, 2.24) is 14.9 Å². The summed E-state index contributed by atoms with van der Waals surface area (Å²) >= 11 is 1.35. The van der Waals surface area contributed by atoms with Crippen LogP contribution in [0.25, 0.3) is 0 Å². The van der Waals surface area contributed by atoms with Crippen LogP contribution in [-0.2, 0) is 18.3 Å². The van der Waals surface area contributed by atoms with Crippen LogP contribution in [0.3, 0.4) is 0 Å². The smallest absolute Gasteiger partial charge is 0.253 e. The summed E-state index contributed by atoms with van der Waals surface area (Å²) in [5, 5.41) is 6.58. The van der Waals surface area contributed by atoms with Gasteiger partial charge in [0.25, 0.3) is 5.91 Å². The largest absolute Gasteiger partial charge is 0.352 e. The third-order valence-corrected chi connectivity index (χ3v) is 6.02. The second kappa shape index (κ2) is 10.8. The van der Waals surface area contributed by atoms with Crippen LogP contribution in [-0.4, -0.2) is 33.7 Å². The summed E-state index contributed by atoms with van der Waals surface area (Å²) in [6.07, 6.45) is 5.29. The van der Waals surface area contributed by atoms with E-state index in [0.717, 1.165) is 18.0 Å². The van der Waals surface area contributed by atoms with E-state index in [-0.39, 0.29) is 17.6 Å². The summed E-state index contributed by atoms with van der Waals surface area (Å²) < 4.78 is 1.86. The molecule has 2 amide bonds. The van der Waals surface area contributed by atoms with Gasteiger partial charge >= 0.3 is 0 Å². The first-order chi connectivity index (χ1) is 14.9. The van der Waals surface area contributed by atoms with Crippen molar-refractivity contribution < 1.29 is 9.59 Å². The molecule has 31 heavy (non-hydrogen) atoms. The lowest BCUT2D eigenvalue weighted by molar-refractivity contribution is -0.113. The number of carbonyl (C=O) groups is 2. The summed E-state index contributed by atoms with van der Waals surface area (Å²) in [4.78, 5) is 29.2. The van der Waals surface area contributed by atoms with E-state index in [1.807, 2.05) is 17.8 Å². The Balaban J connectivity index is 1.50. The fourth-order valence-corrected chi connectivity index (χ4v) is 4.03. The number of aromatic nitrogens is 2. The lowest BCUT2D eigenvalue weighted by Crippen LogP contribution is -2.26. The highest BCUT2D eigenvalue weighted by molar-refractivity contribution is 7.99. The van der Waals surface area contributed by atoms with Gasteiger partial charge in [-0.1, -0.05) is 47.7 Å². The van der Waals surface area contributed by atoms with Crippen molar-refractivity contribution in [3.8, 4) is 0 Å². The van der Waals surface area contributed by atoms with E-state index in [0.29, 0.717) is 17.8 Å². The van der Waals surface area contributed by atoms with E-state index in [1.165, 1.54) is 28.5 Å². The average Bonchev–Trinajstić information content (AvgIpc) is 3.16. The highest BCUT2D eigenvalue weighted by Gasteiger charge is 2.13. The van der Waals surface area contributed by atoms with Gasteiger partial charge in [-0.3, -0.25) is 9.59 Å². The Morgan fingerprint density at radius 3 is 2.68 bits per heavy atom. The molecule has 0 aliphatic heterocycles. The van der Waals surface area contributed by atoms with E-state index >= 15 is 0 Å². The van der Waals surface area contributed by atoms with Gasteiger partial charge in [-0.2, -0.15) is 0 Å². The zero-order chi connectivity index (χ0) is 22.2. The van der Waals surface area contributed by atoms with Gasteiger partial charge in [0.05, 0.1) is 17.0 Å². The Morgan fingerprint density at radius 1 is 1.13 bits per heavy atom.